The van der Waals surface area contributed by atoms with Gasteiger partial charge in [0, 0.05) is 37.7 Å². The fraction of sp³-hybridized carbons (Fsp3) is 0.429. The molecule has 4 aromatic rings. The number of ether oxygens (including phenoxy) is 2. The lowest BCUT2D eigenvalue weighted by Crippen LogP contribution is -2.48. The Hall–Kier alpha value is -3.60. The van der Waals surface area contributed by atoms with Crippen molar-refractivity contribution < 1.29 is 14.0 Å². The molecular formula is C28H33N7O3. The van der Waals surface area contributed by atoms with Crippen LogP contribution in [0.1, 0.15) is 29.7 Å². The fourth-order valence-electron chi connectivity index (χ4n) is 4.98. The van der Waals surface area contributed by atoms with Crippen molar-refractivity contribution in [2.24, 2.45) is 0 Å². The number of pyridine rings is 1. The van der Waals surface area contributed by atoms with E-state index in [4.69, 9.17) is 19.1 Å². The summed E-state index contributed by atoms with van der Waals surface area (Å²) in [5, 5.41) is 12.3. The van der Waals surface area contributed by atoms with Gasteiger partial charge in [-0.3, -0.25) is 4.68 Å². The quantitative estimate of drug-likeness (QED) is 0.338. The Morgan fingerprint density at radius 3 is 2.58 bits per heavy atom. The van der Waals surface area contributed by atoms with Gasteiger partial charge in [0.15, 0.2) is 5.69 Å². The molecule has 1 aromatic carbocycles. The Morgan fingerprint density at radius 1 is 1.08 bits per heavy atom. The summed E-state index contributed by atoms with van der Waals surface area (Å²) in [4.78, 5) is 11.7. The van der Waals surface area contributed by atoms with Crippen LogP contribution >= 0.6 is 0 Å². The number of anilines is 1. The van der Waals surface area contributed by atoms with Crippen molar-refractivity contribution in [2.75, 3.05) is 51.8 Å². The van der Waals surface area contributed by atoms with E-state index in [9.17, 15) is 0 Å². The van der Waals surface area contributed by atoms with Crippen LogP contribution in [-0.2, 0) is 21.6 Å². The molecule has 10 nitrogen and oxygen atoms in total. The van der Waals surface area contributed by atoms with Crippen LogP contribution in [0.4, 0.5) is 5.82 Å². The Bertz CT molecular complexity index is 1350. The van der Waals surface area contributed by atoms with Gasteiger partial charge in [0.1, 0.15) is 11.4 Å². The third kappa shape index (κ3) is 5.07. The summed E-state index contributed by atoms with van der Waals surface area (Å²) < 4.78 is 18.5. The van der Waals surface area contributed by atoms with Crippen LogP contribution in [-0.4, -0.2) is 76.3 Å². The van der Waals surface area contributed by atoms with E-state index >= 15 is 0 Å². The second-order valence-electron chi connectivity index (χ2n) is 10.0. The Labute approximate surface area is 222 Å². The normalized spacial score (nSPS) is 17.0. The SMILES string of the molecule is COC1(c2ccc(-c3noc(-c4cc(C)n(Cc5ccc(NCCN6CCCC6)nc5)n4)n3)cc2)COC1. The largest absolute Gasteiger partial charge is 0.375 e. The molecule has 0 atom stereocenters. The molecule has 0 aliphatic carbocycles. The topological polar surface area (TPSA) is 103 Å². The summed E-state index contributed by atoms with van der Waals surface area (Å²) in [6.45, 7) is 8.15. The van der Waals surface area contributed by atoms with Crippen molar-refractivity contribution in [1.29, 1.82) is 0 Å². The standard InChI is InChI=1S/C28H33N7O3/c1-20-15-24(27-31-26(33-38-27)22-6-8-23(9-7-22)28(36-2)18-37-19-28)32-35(20)17-21-5-10-25(30-16-21)29-11-14-34-12-3-4-13-34/h5-10,15-16H,3-4,11-14,17-19H2,1-2H3,(H,29,30). The number of hydrogen-bond donors (Lipinski definition) is 1. The maximum absolute atomic E-state index is 5.67. The van der Waals surface area contributed by atoms with Crippen molar-refractivity contribution in [3.8, 4) is 23.0 Å². The zero-order chi connectivity index (χ0) is 26.0. The van der Waals surface area contributed by atoms with E-state index in [-0.39, 0.29) is 5.60 Å². The summed E-state index contributed by atoms with van der Waals surface area (Å²) in [7, 11) is 1.71. The molecule has 2 saturated heterocycles. The number of aromatic nitrogens is 5. The molecule has 0 radical (unpaired) electrons. The van der Waals surface area contributed by atoms with Crippen molar-refractivity contribution in [1.82, 2.24) is 29.8 Å². The number of nitrogens with one attached hydrogen (secondary N) is 1. The second kappa shape index (κ2) is 10.6. The molecule has 0 bridgehead atoms. The minimum atomic E-state index is -0.356. The number of nitrogens with zero attached hydrogens (tertiary/aromatic N) is 6. The first kappa shape index (κ1) is 24.7. The van der Waals surface area contributed by atoms with Gasteiger partial charge in [0.2, 0.25) is 5.82 Å². The summed E-state index contributed by atoms with van der Waals surface area (Å²) in [6.07, 6.45) is 4.53. The average molecular weight is 516 g/mol. The van der Waals surface area contributed by atoms with Crippen molar-refractivity contribution >= 4 is 5.82 Å². The predicted octanol–water partition coefficient (Wildman–Crippen LogP) is 3.73. The second-order valence-corrected chi connectivity index (χ2v) is 10.0. The van der Waals surface area contributed by atoms with Gasteiger partial charge in [-0.2, -0.15) is 10.1 Å². The Kier molecular flexibility index (Phi) is 6.92. The number of rotatable bonds is 10. The lowest BCUT2D eigenvalue weighted by Gasteiger charge is -2.40. The van der Waals surface area contributed by atoms with Crippen LogP contribution in [0.25, 0.3) is 23.0 Å². The number of methoxy groups -OCH3 is 1. The molecule has 2 aliphatic rings. The minimum Gasteiger partial charge on any atom is -0.375 e. The van der Waals surface area contributed by atoms with Gasteiger partial charge < -0.3 is 24.2 Å². The number of hydrogen-bond acceptors (Lipinski definition) is 9. The third-order valence-corrected chi connectivity index (χ3v) is 7.45. The fourth-order valence-corrected chi connectivity index (χ4v) is 4.98. The minimum absolute atomic E-state index is 0.356. The summed E-state index contributed by atoms with van der Waals surface area (Å²) in [5.41, 5.74) is 4.32. The van der Waals surface area contributed by atoms with E-state index in [0.717, 1.165) is 41.3 Å². The first-order valence-electron chi connectivity index (χ1n) is 13.2. The number of benzene rings is 1. The first-order chi connectivity index (χ1) is 18.6. The van der Waals surface area contributed by atoms with Crippen LogP contribution < -0.4 is 5.32 Å². The highest BCUT2D eigenvalue weighted by Crippen LogP contribution is 2.34. The van der Waals surface area contributed by atoms with E-state index in [1.807, 2.05) is 54.2 Å². The first-order valence-corrected chi connectivity index (χ1v) is 13.2. The van der Waals surface area contributed by atoms with Gasteiger partial charge in [0.05, 0.1) is 19.8 Å². The summed E-state index contributed by atoms with van der Waals surface area (Å²) >= 11 is 0. The maximum atomic E-state index is 5.67. The molecule has 0 saturated carbocycles. The van der Waals surface area contributed by atoms with E-state index in [0.29, 0.717) is 37.2 Å². The molecule has 38 heavy (non-hydrogen) atoms. The Balaban J connectivity index is 1.08. The molecule has 0 amide bonds. The van der Waals surface area contributed by atoms with E-state index in [1.54, 1.807) is 7.11 Å². The van der Waals surface area contributed by atoms with Crippen LogP contribution in [0.15, 0.2) is 53.2 Å². The monoisotopic (exact) mass is 515 g/mol. The zero-order valence-corrected chi connectivity index (χ0v) is 21.9. The number of likely N-dealkylation sites (tertiary alicyclic amines) is 1. The van der Waals surface area contributed by atoms with Crippen LogP contribution in [0, 0.1) is 6.92 Å². The molecule has 5 heterocycles. The molecule has 10 heteroatoms. The molecule has 2 fully saturated rings. The zero-order valence-electron chi connectivity index (χ0n) is 21.9. The smallest absolute Gasteiger partial charge is 0.278 e. The van der Waals surface area contributed by atoms with Gasteiger partial charge in [-0.05, 0) is 56.1 Å². The Morgan fingerprint density at radius 2 is 1.89 bits per heavy atom. The molecule has 6 rings (SSSR count). The maximum Gasteiger partial charge on any atom is 0.278 e. The summed E-state index contributed by atoms with van der Waals surface area (Å²) in [5.74, 6) is 1.81. The highest BCUT2D eigenvalue weighted by Gasteiger charge is 2.40. The lowest BCUT2D eigenvalue weighted by atomic mass is 9.91. The highest BCUT2D eigenvalue weighted by atomic mass is 16.6. The van der Waals surface area contributed by atoms with Gasteiger partial charge in [-0.15, -0.1) is 0 Å². The van der Waals surface area contributed by atoms with Gasteiger partial charge in [-0.1, -0.05) is 35.5 Å². The molecule has 198 valence electrons. The van der Waals surface area contributed by atoms with E-state index < -0.39 is 0 Å². The summed E-state index contributed by atoms with van der Waals surface area (Å²) in [6, 6.07) is 14.1. The van der Waals surface area contributed by atoms with Crippen LogP contribution in [0.3, 0.4) is 0 Å². The average Bonchev–Trinajstić information content (AvgIpc) is 3.68. The molecular weight excluding hydrogens is 482 g/mol. The van der Waals surface area contributed by atoms with Gasteiger partial charge in [0.25, 0.3) is 5.89 Å². The molecule has 3 aromatic heterocycles. The third-order valence-electron chi connectivity index (χ3n) is 7.45. The van der Waals surface area contributed by atoms with E-state index in [1.165, 1.54) is 25.9 Å². The van der Waals surface area contributed by atoms with Gasteiger partial charge >= 0.3 is 0 Å². The van der Waals surface area contributed by atoms with Crippen LogP contribution in [0.2, 0.25) is 0 Å². The van der Waals surface area contributed by atoms with Crippen LogP contribution in [0.5, 0.6) is 0 Å². The van der Waals surface area contributed by atoms with Crippen molar-refractivity contribution in [3.05, 3.63) is 65.5 Å². The van der Waals surface area contributed by atoms with Crippen molar-refractivity contribution in [3.63, 3.8) is 0 Å². The highest BCUT2D eigenvalue weighted by molar-refractivity contribution is 5.58. The predicted molar refractivity (Wildman–Crippen MR) is 143 cm³/mol. The van der Waals surface area contributed by atoms with Gasteiger partial charge in [-0.25, -0.2) is 4.98 Å². The molecule has 0 spiro atoms. The number of aryl methyl sites for hydroxylation is 1. The molecule has 1 N–H and O–H groups in total. The van der Waals surface area contributed by atoms with E-state index in [2.05, 4.69) is 31.4 Å². The van der Waals surface area contributed by atoms with Crippen molar-refractivity contribution in [2.45, 2.75) is 31.9 Å². The molecule has 0 unspecified atom stereocenters. The lowest BCUT2D eigenvalue weighted by molar-refractivity contribution is -0.202. The molecule has 2 aliphatic heterocycles.